The predicted octanol–water partition coefficient (Wildman–Crippen LogP) is 3.58. The second-order valence-electron chi connectivity index (χ2n) is 5.39. The summed E-state index contributed by atoms with van der Waals surface area (Å²) in [5, 5.41) is 19.5. The van der Waals surface area contributed by atoms with Crippen LogP contribution in [0.1, 0.15) is 39.2 Å². The zero-order valence-electron chi connectivity index (χ0n) is 12.7. The zero-order chi connectivity index (χ0) is 16.4. The highest BCUT2D eigenvalue weighted by molar-refractivity contribution is 7.16. The average Bonchev–Trinajstić information content (AvgIpc) is 2.93. The lowest BCUT2D eigenvalue weighted by Gasteiger charge is -2.11. The molecule has 23 heavy (non-hydrogen) atoms. The number of rotatable bonds is 3. The molecule has 0 radical (unpaired) electrons. The summed E-state index contributed by atoms with van der Waals surface area (Å²) >= 11 is 1.52. The Morgan fingerprint density at radius 3 is 2.78 bits per heavy atom. The molecule has 2 aromatic rings. The lowest BCUT2D eigenvalue weighted by molar-refractivity contribution is 0.0601. The molecule has 6 heteroatoms. The maximum absolute atomic E-state index is 12.1. The van der Waals surface area contributed by atoms with E-state index >= 15 is 0 Å². The summed E-state index contributed by atoms with van der Waals surface area (Å²) in [5.74, 6) is -0.735. The van der Waals surface area contributed by atoms with Gasteiger partial charge in [-0.15, -0.1) is 11.3 Å². The third-order valence-corrected chi connectivity index (χ3v) is 5.07. The van der Waals surface area contributed by atoms with Crippen molar-refractivity contribution in [1.29, 1.82) is 0 Å². The molecule has 1 aromatic carbocycles. The van der Waals surface area contributed by atoms with Gasteiger partial charge in [0.2, 0.25) is 0 Å². The van der Waals surface area contributed by atoms with Gasteiger partial charge in [0.1, 0.15) is 5.00 Å². The van der Waals surface area contributed by atoms with Crippen LogP contribution in [0, 0.1) is 0 Å². The number of hydrogen-bond acceptors (Lipinski definition) is 6. The lowest BCUT2D eigenvalue weighted by Crippen LogP contribution is -2.07. The first kappa shape index (κ1) is 15.6. The van der Waals surface area contributed by atoms with E-state index in [1.165, 1.54) is 35.5 Å². The highest BCUT2D eigenvalue weighted by Gasteiger charge is 2.25. The Labute approximate surface area is 137 Å². The number of ether oxygens (including phenoxy) is 1. The number of phenols is 2. The molecule has 1 aliphatic rings. The number of esters is 1. The molecular formula is C17H17NO4S. The number of thiophene rings is 1. The molecule has 0 amide bonds. The number of aliphatic imine (C=N–C) groups is 1. The highest BCUT2D eigenvalue weighted by atomic mass is 32.1. The topological polar surface area (TPSA) is 79.1 Å². The van der Waals surface area contributed by atoms with E-state index in [1.807, 2.05) is 0 Å². The number of phenolic OH excluding ortho intramolecular Hbond substituents is 2. The van der Waals surface area contributed by atoms with Crippen molar-refractivity contribution in [3.05, 3.63) is 39.8 Å². The smallest absolute Gasteiger partial charge is 0.341 e. The van der Waals surface area contributed by atoms with Crippen LogP contribution >= 0.6 is 11.3 Å². The number of carbonyl (C=O) groups excluding carboxylic acids is 1. The van der Waals surface area contributed by atoms with Crippen molar-refractivity contribution in [2.45, 2.75) is 25.7 Å². The molecule has 1 aliphatic carbocycles. The number of methoxy groups -OCH3 is 1. The van der Waals surface area contributed by atoms with Gasteiger partial charge in [0, 0.05) is 11.1 Å². The number of nitrogens with zero attached hydrogens (tertiary/aromatic N) is 1. The fraction of sp³-hybridized carbons (Fsp3) is 0.294. The quantitative estimate of drug-likeness (QED) is 0.512. The van der Waals surface area contributed by atoms with Gasteiger partial charge in [-0.2, -0.15) is 0 Å². The van der Waals surface area contributed by atoms with Crippen LogP contribution in [0.3, 0.4) is 0 Å². The van der Waals surface area contributed by atoms with E-state index in [4.69, 9.17) is 4.74 Å². The van der Waals surface area contributed by atoms with Gasteiger partial charge in [-0.3, -0.25) is 0 Å². The Hall–Kier alpha value is -2.34. The Bertz CT molecular complexity index is 779. The van der Waals surface area contributed by atoms with E-state index in [0.717, 1.165) is 31.2 Å². The van der Waals surface area contributed by atoms with Crippen LogP contribution in [0.25, 0.3) is 0 Å². The van der Waals surface area contributed by atoms with Crippen LogP contribution in [-0.2, 0) is 17.6 Å². The summed E-state index contributed by atoms with van der Waals surface area (Å²) in [6.07, 6.45) is 5.63. The van der Waals surface area contributed by atoms with E-state index in [-0.39, 0.29) is 17.5 Å². The number of aryl methyl sites for hydroxylation is 1. The van der Waals surface area contributed by atoms with Crippen LogP contribution in [0.2, 0.25) is 0 Å². The van der Waals surface area contributed by atoms with E-state index in [0.29, 0.717) is 16.1 Å². The second-order valence-corrected chi connectivity index (χ2v) is 6.47. The number of aromatic hydroxyl groups is 2. The molecule has 0 aliphatic heterocycles. The minimum atomic E-state index is -0.356. The Morgan fingerprint density at radius 1 is 1.26 bits per heavy atom. The first-order valence-electron chi connectivity index (χ1n) is 7.39. The van der Waals surface area contributed by atoms with Crippen molar-refractivity contribution < 1.29 is 19.7 Å². The van der Waals surface area contributed by atoms with Gasteiger partial charge >= 0.3 is 5.97 Å². The summed E-state index contributed by atoms with van der Waals surface area (Å²) in [7, 11) is 1.38. The summed E-state index contributed by atoms with van der Waals surface area (Å²) in [4.78, 5) is 17.7. The number of benzene rings is 1. The molecule has 5 nitrogen and oxygen atoms in total. The third kappa shape index (κ3) is 3.07. The zero-order valence-corrected chi connectivity index (χ0v) is 13.5. The van der Waals surface area contributed by atoms with Gasteiger partial charge in [-0.05, 0) is 55.0 Å². The monoisotopic (exact) mass is 331 g/mol. The lowest BCUT2D eigenvalue weighted by atomic mass is 9.95. The first-order valence-corrected chi connectivity index (χ1v) is 8.20. The first-order chi connectivity index (χ1) is 11.1. The van der Waals surface area contributed by atoms with Gasteiger partial charge in [-0.25, -0.2) is 9.79 Å². The summed E-state index contributed by atoms with van der Waals surface area (Å²) in [6.45, 7) is 0. The average molecular weight is 331 g/mol. The van der Waals surface area contributed by atoms with Crippen molar-refractivity contribution in [3.63, 3.8) is 0 Å². The SMILES string of the molecule is COC(=O)c1c(N=Cc2ccc(O)c(O)c2)sc2c1CCCC2. The molecule has 0 fully saturated rings. The molecule has 1 heterocycles. The van der Waals surface area contributed by atoms with Crippen molar-refractivity contribution in [2.75, 3.05) is 7.11 Å². The third-order valence-electron chi connectivity index (χ3n) is 3.87. The number of hydrogen-bond donors (Lipinski definition) is 2. The molecular weight excluding hydrogens is 314 g/mol. The minimum absolute atomic E-state index is 0.177. The van der Waals surface area contributed by atoms with E-state index in [1.54, 1.807) is 12.3 Å². The molecule has 120 valence electrons. The fourth-order valence-electron chi connectivity index (χ4n) is 2.71. The van der Waals surface area contributed by atoms with Crippen LogP contribution in [0.5, 0.6) is 11.5 Å². The number of carbonyl (C=O) groups is 1. The molecule has 1 aromatic heterocycles. The highest BCUT2D eigenvalue weighted by Crippen LogP contribution is 2.40. The van der Waals surface area contributed by atoms with Crippen LogP contribution in [0.15, 0.2) is 23.2 Å². The van der Waals surface area contributed by atoms with Crippen molar-refractivity contribution >= 4 is 28.5 Å². The summed E-state index contributed by atoms with van der Waals surface area (Å²) < 4.78 is 4.91. The summed E-state index contributed by atoms with van der Waals surface area (Å²) in [5.41, 5.74) is 2.27. The normalized spacial score (nSPS) is 14.0. The molecule has 2 N–H and O–H groups in total. The Morgan fingerprint density at radius 2 is 2.04 bits per heavy atom. The van der Waals surface area contributed by atoms with Crippen LogP contribution in [-0.4, -0.2) is 29.5 Å². The van der Waals surface area contributed by atoms with Gasteiger partial charge in [0.15, 0.2) is 11.5 Å². The van der Waals surface area contributed by atoms with Crippen LogP contribution < -0.4 is 0 Å². The maximum atomic E-state index is 12.1. The summed E-state index contributed by atoms with van der Waals surface area (Å²) in [6, 6.07) is 4.46. The van der Waals surface area contributed by atoms with Crippen molar-refractivity contribution in [1.82, 2.24) is 0 Å². The molecule has 0 atom stereocenters. The minimum Gasteiger partial charge on any atom is -0.504 e. The Kier molecular flexibility index (Phi) is 4.34. The second kappa shape index (κ2) is 6.42. The largest absolute Gasteiger partial charge is 0.504 e. The molecule has 0 saturated heterocycles. The molecule has 0 spiro atoms. The molecule has 0 bridgehead atoms. The fourth-order valence-corrected chi connectivity index (χ4v) is 3.93. The molecule has 0 saturated carbocycles. The van der Waals surface area contributed by atoms with Gasteiger partial charge in [0.25, 0.3) is 0 Å². The van der Waals surface area contributed by atoms with E-state index < -0.39 is 0 Å². The molecule has 0 unspecified atom stereocenters. The molecule has 3 rings (SSSR count). The maximum Gasteiger partial charge on any atom is 0.341 e. The van der Waals surface area contributed by atoms with Crippen LogP contribution in [0.4, 0.5) is 5.00 Å². The van der Waals surface area contributed by atoms with Crippen molar-refractivity contribution in [2.24, 2.45) is 4.99 Å². The Balaban J connectivity index is 1.98. The van der Waals surface area contributed by atoms with Gasteiger partial charge in [0.05, 0.1) is 12.7 Å². The standard InChI is InChI=1S/C17H17NO4S/c1-22-17(21)15-11-4-2-3-5-14(11)23-16(15)18-9-10-6-7-12(19)13(20)8-10/h6-9,19-20H,2-5H2,1H3. The predicted molar refractivity (Wildman–Crippen MR) is 89.3 cm³/mol. The van der Waals surface area contributed by atoms with Crippen molar-refractivity contribution in [3.8, 4) is 11.5 Å². The number of fused-ring (bicyclic) bond motifs is 1. The van der Waals surface area contributed by atoms with Gasteiger partial charge in [-0.1, -0.05) is 0 Å². The van der Waals surface area contributed by atoms with E-state index in [2.05, 4.69) is 4.99 Å². The van der Waals surface area contributed by atoms with Gasteiger partial charge < -0.3 is 14.9 Å². The van der Waals surface area contributed by atoms with E-state index in [9.17, 15) is 15.0 Å².